The molecule has 0 bridgehead atoms. The first-order valence-electron chi connectivity index (χ1n) is 8.73. The van der Waals surface area contributed by atoms with E-state index in [0.29, 0.717) is 25.1 Å². The highest BCUT2D eigenvalue weighted by molar-refractivity contribution is 6.33. The van der Waals surface area contributed by atoms with Crippen molar-refractivity contribution in [2.75, 3.05) is 43.0 Å². The van der Waals surface area contributed by atoms with Crippen molar-refractivity contribution in [3.05, 3.63) is 58.6 Å². The van der Waals surface area contributed by atoms with Gasteiger partial charge in [-0.3, -0.25) is 9.59 Å². The molecular formula is C20H20ClN3O2. The summed E-state index contributed by atoms with van der Waals surface area (Å²) in [6.07, 6.45) is 0.368. The quantitative estimate of drug-likeness (QED) is 0.817. The topological polar surface area (TPSA) is 43.9 Å². The van der Waals surface area contributed by atoms with E-state index in [1.54, 1.807) is 11.9 Å². The zero-order valence-corrected chi connectivity index (χ0v) is 15.4. The standard InChI is InChI=1S/C20H20ClN3O2/c1-22-17-7-6-14(12-15(17)13-19(22)25)20(26)24-10-8-23(9-11-24)18-5-3-2-4-16(18)21/h2-7,12H,8-11,13H2,1H3. The minimum absolute atomic E-state index is 0.0219. The molecule has 0 unspecified atom stereocenters. The van der Waals surface area contributed by atoms with E-state index in [0.717, 1.165) is 35.1 Å². The lowest BCUT2D eigenvalue weighted by molar-refractivity contribution is -0.117. The third kappa shape index (κ3) is 2.92. The number of carbonyl (C=O) groups excluding carboxylic acids is 2. The predicted molar refractivity (Wildman–Crippen MR) is 103 cm³/mol. The van der Waals surface area contributed by atoms with Gasteiger partial charge in [-0.2, -0.15) is 0 Å². The lowest BCUT2D eigenvalue weighted by Gasteiger charge is -2.36. The number of amides is 2. The molecule has 0 atom stereocenters. The van der Waals surface area contributed by atoms with Crippen molar-refractivity contribution in [2.45, 2.75) is 6.42 Å². The number of benzene rings is 2. The van der Waals surface area contributed by atoms with Crippen LogP contribution in [0, 0.1) is 0 Å². The Labute approximate surface area is 157 Å². The molecule has 2 amide bonds. The third-order valence-electron chi connectivity index (χ3n) is 5.16. The Hall–Kier alpha value is -2.53. The number of anilines is 2. The van der Waals surface area contributed by atoms with Gasteiger partial charge in [0.2, 0.25) is 5.91 Å². The number of hydrogen-bond donors (Lipinski definition) is 0. The molecule has 26 heavy (non-hydrogen) atoms. The summed E-state index contributed by atoms with van der Waals surface area (Å²) in [5.41, 5.74) is 3.49. The highest BCUT2D eigenvalue weighted by Gasteiger charge is 2.27. The summed E-state index contributed by atoms with van der Waals surface area (Å²) in [6, 6.07) is 13.3. The maximum atomic E-state index is 12.9. The number of carbonyl (C=O) groups is 2. The minimum atomic E-state index is 0.0219. The second kappa shape index (κ2) is 6.65. The molecule has 6 heteroatoms. The molecule has 2 aliphatic rings. The first-order chi connectivity index (χ1) is 12.5. The van der Waals surface area contributed by atoms with Crippen LogP contribution >= 0.6 is 11.6 Å². The molecule has 0 spiro atoms. The molecule has 5 nitrogen and oxygen atoms in total. The average molecular weight is 370 g/mol. The SMILES string of the molecule is CN1C(=O)Cc2cc(C(=O)N3CCN(c4ccccc4Cl)CC3)ccc21. The molecule has 2 aromatic carbocycles. The van der Waals surface area contributed by atoms with E-state index in [9.17, 15) is 9.59 Å². The van der Waals surface area contributed by atoms with Crippen molar-refractivity contribution >= 4 is 34.8 Å². The molecule has 0 aromatic heterocycles. The number of para-hydroxylation sites is 1. The smallest absolute Gasteiger partial charge is 0.253 e. The molecule has 0 N–H and O–H groups in total. The van der Waals surface area contributed by atoms with E-state index in [1.165, 1.54) is 0 Å². The van der Waals surface area contributed by atoms with E-state index in [-0.39, 0.29) is 11.8 Å². The highest BCUT2D eigenvalue weighted by atomic mass is 35.5. The van der Waals surface area contributed by atoms with E-state index in [4.69, 9.17) is 11.6 Å². The molecule has 0 saturated carbocycles. The zero-order chi connectivity index (χ0) is 18.3. The summed E-state index contributed by atoms with van der Waals surface area (Å²) in [6.45, 7) is 2.81. The van der Waals surface area contributed by atoms with Gasteiger partial charge >= 0.3 is 0 Å². The molecule has 4 rings (SSSR count). The van der Waals surface area contributed by atoms with Gasteiger partial charge in [-0.15, -0.1) is 0 Å². The second-order valence-corrected chi connectivity index (χ2v) is 7.11. The Bertz CT molecular complexity index is 875. The molecule has 1 saturated heterocycles. The number of rotatable bonds is 2. The van der Waals surface area contributed by atoms with Crippen molar-refractivity contribution in [2.24, 2.45) is 0 Å². The van der Waals surface area contributed by atoms with Crippen LogP contribution in [0.1, 0.15) is 15.9 Å². The van der Waals surface area contributed by atoms with Crippen LogP contribution in [0.2, 0.25) is 5.02 Å². The first kappa shape index (κ1) is 16.9. The lowest BCUT2D eigenvalue weighted by Crippen LogP contribution is -2.48. The Morgan fingerprint density at radius 2 is 1.73 bits per heavy atom. The number of nitrogens with zero attached hydrogens (tertiary/aromatic N) is 3. The number of piperazine rings is 1. The van der Waals surface area contributed by atoms with Crippen LogP contribution < -0.4 is 9.80 Å². The van der Waals surface area contributed by atoms with Gasteiger partial charge in [-0.1, -0.05) is 23.7 Å². The summed E-state index contributed by atoms with van der Waals surface area (Å²) in [5, 5.41) is 0.736. The van der Waals surface area contributed by atoms with Crippen LogP contribution in [-0.4, -0.2) is 49.9 Å². The van der Waals surface area contributed by atoms with Crippen molar-refractivity contribution in [1.29, 1.82) is 0 Å². The Morgan fingerprint density at radius 1 is 1.00 bits per heavy atom. The Kier molecular flexibility index (Phi) is 4.32. The number of halogens is 1. The van der Waals surface area contributed by atoms with Crippen molar-refractivity contribution in [1.82, 2.24) is 4.90 Å². The maximum absolute atomic E-state index is 12.9. The minimum Gasteiger partial charge on any atom is -0.367 e. The Morgan fingerprint density at radius 3 is 2.46 bits per heavy atom. The first-order valence-corrected chi connectivity index (χ1v) is 9.10. The number of likely N-dealkylation sites (N-methyl/N-ethyl adjacent to an activating group) is 1. The van der Waals surface area contributed by atoms with E-state index in [2.05, 4.69) is 4.90 Å². The van der Waals surface area contributed by atoms with Crippen LogP contribution in [0.3, 0.4) is 0 Å². The molecule has 2 aliphatic heterocycles. The van der Waals surface area contributed by atoms with Gasteiger partial charge in [-0.05, 0) is 35.9 Å². The molecule has 1 fully saturated rings. The number of hydrogen-bond acceptors (Lipinski definition) is 3. The van der Waals surface area contributed by atoms with Gasteiger partial charge in [0.15, 0.2) is 0 Å². The van der Waals surface area contributed by atoms with E-state index >= 15 is 0 Å². The third-order valence-corrected chi connectivity index (χ3v) is 5.48. The van der Waals surface area contributed by atoms with Crippen LogP contribution in [0.25, 0.3) is 0 Å². The molecule has 2 aromatic rings. The molecular weight excluding hydrogens is 350 g/mol. The maximum Gasteiger partial charge on any atom is 0.253 e. The van der Waals surface area contributed by atoms with E-state index < -0.39 is 0 Å². The fourth-order valence-electron chi connectivity index (χ4n) is 3.64. The largest absolute Gasteiger partial charge is 0.367 e. The molecule has 0 radical (unpaired) electrons. The summed E-state index contributed by atoms with van der Waals surface area (Å²) < 4.78 is 0. The van der Waals surface area contributed by atoms with Crippen LogP contribution in [-0.2, 0) is 11.2 Å². The lowest BCUT2D eigenvalue weighted by atomic mass is 10.1. The average Bonchev–Trinajstić information content (AvgIpc) is 2.95. The zero-order valence-electron chi connectivity index (χ0n) is 14.6. The van der Waals surface area contributed by atoms with Crippen molar-refractivity contribution < 1.29 is 9.59 Å². The summed E-state index contributed by atoms with van der Waals surface area (Å²) in [7, 11) is 1.77. The Balaban J connectivity index is 1.45. The normalized spacial score (nSPS) is 16.8. The fourth-order valence-corrected chi connectivity index (χ4v) is 3.90. The molecule has 2 heterocycles. The van der Waals surface area contributed by atoms with Gasteiger partial charge < -0.3 is 14.7 Å². The fraction of sp³-hybridized carbons (Fsp3) is 0.300. The van der Waals surface area contributed by atoms with Crippen LogP contribution in [0.4, 0.5) is 11.4 Å². The monoisotopic (exact) mass is 369 g/mol. The number of fused-ring (bicyclic) bond motifs is 1. The van der Waals surface area contributed by atoms with Crippen LogP contribution in [0.5, 0.6) is 0 Å². The summed E-state index contributed by atoms with van der Waals surface area (Å²) >= 11 is 6.28. The van der Waals surface area contributed by atoms with Gasteiger partial charge in [0.1, 0.15) is 0 Å². The molecule has 134 valence electrons. The van der Waals surface area contributed by atoms with Gasteiger partial charge in [-0.25, -0.2) is 0 Å². The van der Waals surface area contributed by atoms with Crippen LogP contribution in [0.15, 0.2) is 42.5 Å². The predicted octanol–water partition coefficient (Wildman–Crippen LogP) is 2.82. The highest BCUT2D eigenvalue weighted by Crippen LogP contribution is 2.29. The van der Waals surface area contributed by atoms with Gasteiger partial charge in [0.25, 0.3) is 5.91 Å². The van der Waals surface area contributed by atoms with Crippen molar-refractivity contribution in [3.8, 4) is 0 Å². The van der Waals surface area contributed by atoms with E-state index in [1.807, 2.05) is 47.4 Å². The van der Waals surface area contributed by atoms with Crippen molar-refractivity contribution in [3.63, 3.8) is 0 Å². The summed E-state index contributed by atoms with van der Waals surface area (Å²) in [5.74, 6) is 0.0894. The van der Waals surface area contributed by atoms with Gasteiger partial charge in [0, 0.05) is 44.5 Å². The second-order valence-electron chi connectivity index (χ2n) is 6.70. The molecule has 0 aliphatic carbocycles. The van der Waals surface area contributed by atoms with Gasteiger partial charge in [0.05, 0.1) is 17.1 Å². The summed E-state index contributed by atoms with van der Waals surface area (Å²) in [4.78, 5) is 30.4.